The summed E-state index contributed by atoms with van der Waals surface area (Å²) in [5.41, 5.74) is 1.08. The molecular weight excluding hydrogens is 174 g/mol. The molecule has 0 amide bonds. The second kappa shape index (κ2) is 4.51. The Bertz CT molecular complexity index is 273. The summed E-state index contributed by atoms with van der Waals surface area (Å²) in [5, 5.41) is 0. The number of rotatable bonds is 2. The first kappa shape index (κ1) is 9.59. The van der Waals surface area contributed by atoms with Crippen LogP contribution in [0, 0.1) is 0 Å². The molecular formula is C11H17N3. The van der Waals surface area contributed by atoms with Gasteiger partial charge >= 0.3 is 0 Å². The van der Waals surface area contributed by atoms with Crippen LogP contribution >= 0.6 is 0 Å². The molecule has 1 unspecified atom stereocenters. The van der Waals surface area contributed by atoms with E-state index in [1.165, 1.54) is 25.8 Å². The van der Waals surface area contributed by atoms with Crippen LogP contribution in [0.1, 0.15) is 31.9 Å². The van der Waals surface area contributed by atoms with Gasteiger partial charge in [-0.15, -0.1) is 0 Å². The van der Waals surface area contributed by atoms with Crippen molar-refractivity contribution in [1.82, 2.24) is 14.9 Å². The number of likely N-dealkylation sites (tertiary alicyclic amines) is 1. The van der Waals surface area contributed by atoms with Crippen molar-refractivity contribution in [1.29, 1.82) is 0 Å². The van der Waals surface area contributed by atoms with Crippen LogP contribution in [0.15, 0.2) is 18.6 Å². The summed E-state index contributed by atoms with van der Waals surface area (Å²) >= 11 is 0. The van der Waals surface area contributed by atoms with Crippen LogP contribution in [0.3, 0.4) is 0 Å². The fraction of sp³-hybridized carbons (Fsp3) is 0.636. The third-order valence-corrected chi connectivity index (χ3v) is 2.92. The summed E-state index contributed by atoms with van der Waals surface area (Å²) < 4.78 is 0. The molecule has 1 atom stereocenters. The highest BCUT2D eigenvalue weighted by atomic mass is 15.2. The molecule has 1 aromatic heterocycles. The maximum atomic E-state index is 4.30. The fourth-order valence-corrected chi connectivity index (χ4v) is 2.01. The van der Waals surface area contributed by atoms with Gasteiger partial charge in [0.05, 0.1) is 5.69 Å². The van der Waals surface area contributed by atoms with Crippen LogP contribution in [0.2, 0.25) is 0 Å². The minimum atomic E-state index is 0.700. The maximum absolute atomic E-state index is 4.30. The van der Waals surface area contributed by atoms with Crippen LogP contribution in [0.4, 0.5) is 0 Å². The lowest BCUT2D eigenvalue weighted by Gasteiger charge is -2.32. The Morgan fingerprint density at radius 3 is 3.07 bits per heavy atom. The average Bonchev–Trinajstić information content (AvgIpc) is 2.23. The quantitative estimate of drug-likeness (QED) is 0.714. The van der Waals surface area contributed by atoms with E-state index in [4.69, 9.17) is 0 Å². The Hall–Kier alpha value is -0.960. The van der Waals surface area contributed by atoms with Gasteiger partial charge in [-0.2, -0.15) is 0 Å². The predicted octanol–water partition coefficient (Wildman–Crippen LogP) is 1.85. The highest BCUT2D eigenvalue weighted by molar-refractivity contribution is 4.95. The number of piperidine rings is 1. The lowest BCUT2D eigenvalue weighted by Crippen LogP contribution is -2.36. The molecule has 1 aromatic rings. The van der Waals surface area contributed by atoms with E-state index in [2.05, 4.69) is 21.8 Å². The van der Waals surface area contributed by atoms with Crippen molar-refractivity contribution < 1.29 is 0 Å². The first-order valence-electron chi connectivity index (χ1n) is 5.35. The van der Waals surface area contributed by atoms with E-state index in [0.717, 1.165) is 12.2 Å². The predicted molar refractivity (Wildman–Crippen MR) is 55.8 cm³/mol. The van der Waals surface area contributed by atoms with E-state index in [0.29, 0.717) is 6.04 Å². The molecule has 0 spiro atoms. The number of aromatic nitrogens is 2. The molecule has 76 valence electrons. The zero-order chi connectivity index (χ0) is 9.80. The summed E-state index contributed by atoms with van der Waals surface area (Å²) in [6, 6.07) is 0.700. The van der Waals surface area contributed by atoms with E-state index in [9.17, 15) is 0 Å². The van der Waals surface area contributed by atoms with Crippen LogP contribution in [0.5, 0.6) is 0 Å². The molecule has 1 fully saturated rings. The standard InChI is InChI=1S/C11H17N3/c1-10-4-2-3-7-14(10)9-11-8-12-5-6-13-11/h5-6,8,10H,2-4,7,9H2,1H3. The summed E-state index contributed by atoms with van der Waals surface area (Å²) in [4.78, 5) is 10.9. The third-order valence-electron chi connectivity index (χ3n) is 2.92. The Morgan fingerprint density at radius 2 is 2.36 bits per heavy atom. The molecule has 0 bridgehead atoms. The van der Waals surface area contributed by atoms with Gasteiger partial charge in [-0.1, -0.05) is 6.42 Å². The molecule has 2 heterocycles. The lowest BCUT2D eigenvalue weighted by atomic mass is 10.0. The second-order valence-electron chi connectivity index (χ2n) is 4.01. The van der Waals surface area contributed by atoms with Crippen molar-refractivity contribution >= 4 is 0 Å². The Kier molecular flexibility index (Phi) is 3.09. The largest absolute Gasteiger partial charge is 0.295 e. The summed E-state index contributed by atoms with van der Waals surface area (Å²) in [7, 11) is 0. The van der Waals surface area contributed by atoms with E-state index < -0.39 is 0 Å². The number of nitrogens with zero attached hydrogens (tertiary/aromatic N) is 3. The number of hydrogen-bond acceptors (Lipinski definition) is 3. The number of hydrogen-bond donors (Lipinski definition) is 0. The zero-order valence-electron chi connectivity index (χ0n) is 8.69. The van der Waals surface area contributed by atoms with Gasteiger partial charge in [0.1, 0.15) is 0 Å². The molecule has 0 saturated carbocycles. The molecule has 1 aliphatic rings. The van der Waals surface area contributed by atoms with Crippen molar-refractivity contribution in [3.63, 3.8) is 0 Å². The fourth-order valence-electron chi connectivity index (χ4n) is 2.01. The van der Waals surface area contributed by atoms with Gasteiger partial charge in [-0.3, -0.25) is 14.9 Å². The Labute approximate surface area is 85.2 Å². The normalized spacial score (nSPS) is 23.6. The van der Waals surface area contributed by atoms with Gasteiger partial charge in [-0.05, 0) is 26.3 Å². The van der Waals surface area contributed by atoms with Gasteiger partial charge in [0.15, 0.2) is 0 Å². The highest BCUT2D eigenvalue weighted by Crippen LogP contribution is 2.17. The monoisotopic (exact) mass is 191 g/mol. The smallest absolute Gasteiger partial charge is 0.0726 e. The topological polar surface area (TPSA) is 29.0 Å². The maximum Gasteiger partial charge on any atom is 0.0726 e. The van der Waals surface area contributed by atoms with Crippen LogP contribution in [0.25, 0.3) is 0 Å². The van der Waals surface area contributed by atoms with Gasteiger partial charge < -0.3 is 0 Å². The first-order valence-corrected chi connectivity index (χ1v) is 5.35. The van der Waals surface area contributed by atoms with Gasteiger partial charge in [0.25, 0.3) is 0 Å². The highest BCUT2D eigenvalue weighted by Gasteiger charge is 2.18. The Balaban J connectivity index is 1.96. The van der Waals surface area contributed by atoms with Crippen LogP contribution < -0.4 is 0 Å². The molecule has 2 rings (SSSR count). The van der Waals surface area contributed by atoms with Gasteiger partial charge in [0, 0.05) is 31.2 Å². The van der Waals surface area contributed by atoms with Crippen molar-refractivity contribution in [3.8, 4) is 0 Å². The minimum absolute atomic E-state index is 0.700. The Morgan fingerprint density at radius 1 is 1.43 bits per heavy atom. The lowest BCUT2D eigenvalue weighted by molar-refractivity contribution is 0.150. The minimum Gasteiger partial charge on any atom is -0.295 e. The van der Waals surface area contributed by atoms with Gasteiger partial charge in [-0.25, -0.2) is 0 Å². The molecule has 0 radical (unpaired) electrons. The van der Waals surface area contributed by atoms with Crippen molar-refractivity contribution in [2.24, 2.45) is 0 Å². The van der Waals surface area contributed by atoms with Crippen LogP contribution in [-0.2, 0) is 6.54 Å². The van der Waals surface area contributed by atoms with Crippen molar-refractivity contribution in [2.75, 3.05) is 6.54 Å². The molecule has 1 saturated heterocycles. The summed E-state index contributed by atoms with van der Waals surface area (Å²) in [5.74, 6) is 0. The van der Waals surface area contributed by atoms with Crippen molar-refractivity contribution in [3.05, 3.63) is 24.3 Å². The zero-order valence-corrected chi connectivity index (χ0v) is 8.69. The van der Waals surface area contributed by atoms with E-state index >= 15 is 0 Å². The average molecular weight is 191 g/mol. The van der Waals surface area contributed by atoms with Crippen LogP contribution in [-0.4, -0.2) is 27.5 Å². The molecule has 3 heteroatoms. The third kappa shape index (κ3) is 2.29. The van der Waals surface area contributed by atoms with Gasteiger partial charge in [0.2, 0.25) is 0 Å². The molecule has 0 aromatic carbocycles. The first-order chi connectivity index (χ1) is 6.86. The molecule has 0 aliphatic carbocycles. The molecule has 14 heavy (non-hydrogen) atoms. The van der Waals surface area contributed by atoms with E-state index in [1.54, 1.807) is 12.4 Å². The second-order valence-corrected chi connectivity index (χ2v) is 4.01. The van der Waals surface area contributed by atoms with Crippen molar-refractivity contribution in [2.45, 2.75) is 38.8 Å². The SMILES string of the molecule is CC1CCCCN1Cc1cnccn1. The summed E-state index contributed by atoms with van der Waals surface area (Å²) in [6.07, 6.45) is 9.37. The molecule has 3 nitrogen and oxygen atoms in total. The van der Waals surface area contributed by atoms with E-state index in [-0.39, 0.29) is 0 Å². The van der Waals surface area contributed by atoms with E-state index in [1.807, 2.05) is 6.20 Å². The summed E-state index contributed by atoms with van der Waals surface area (Å²) in [6.45, 7) is 4.46. The molecule has 0 N–H and O–H groups in total. The molecule has 1 aliphatic heterocycles.